The molecule has 2 atom stereocenters. The zero-order valence-electron chi connectivity index (χ0n) is 8.96. The SMILES string of the molecule is CC1CCC(CN2CCCNC2=O)C1. The third-order valence-electron chi connectivity index (χ3n) is 3.45. The molecule has 0 aromatic heterocycles. The number of hydrogen-bond donors (Lipinski definition) is 1. The van der Waals surface area contributed by atoms with Gasteiger partial charge in [-0.3, -0.25) is 0 Å². The second kappa shape index (κ2) is 4.20. The van der Waals surface area contributed by atoms with Gasteiger partial charge in [0, 0.05) is 19.6 Å². The number of rotatable bonds is 2. The number of carbonyl (C=O) groups is 1. The Morgan fingerprint density at radius 2 is 2.36 bits per heavy atom. The molecule has 0 aromatic rings. The Balaban J connectivity index is 1.81. The van der Waals surface area contributed by atoms with E-state index in [1.54, 1.807) is 0 Å². The van der Waals surface area contributed by atoms with E-state index in [1.165, 1.54) is 19.3 Å². The summed E-state index contributed by atoms with van der Waals surface area (Å²) >= 11 is 0. The molecular formula is C11H20N2O. The van der Waals surface area contributed by atoms with Gasteiger partial charge < -0.3 is 10.2 Å². The molecule has 2 fully saturated rings. The third kappa shape index (κ3) is 2.20. The lowest BCUT2D eigenvalue weighted by molar-refractivity contribution is 0.175. The highest BCUT2D eigenvalue weighted by Gasteiger charge is 2.26. The number of nitrogens with zero attached hydrogens (tertiary/aromatic N) is 1. The minimum absolute atomic E-state index is 0.149. The fourth-order valence-corrected chi connectivity index (χ4v) is 2.66. The summed E-state index contributed by atoms with van der Waals surface area (Å²) in [7, 11) is 0. The first-order valence-electron chi connectivity index (χ1n) is 5.78. The summed E-state index contributed by atoms with van der Waals surface area (Å²) in [5.41, 5.74) is 0. The van der Waals surface area contributed by atoms with Crippen molar-refractivity contribution in [2.24, 2.45) is 11.8 Å². The van der Waals surface area contributed by atoms with Gasteiger partial charge >= 0.3 is 6.03 Å². The van der Waals surface area contributed by atoms with Gasteiger partial charge in [-0.25, -0.2) is 4.79 Å². The Morgan fingerprint density at radius 1 is 1.50 bits per heavy atom. The van der Waals surface area contributed by atoms with Crippen LogP contribution in [0.25, 0.3) is 0 Å². The number of hydrogen-bond acceptors (Lipinski definition) is 1. The standard InChI is InChI=1S/C11H20N2O/c1-9-3-4-10(7-9)8-13-6-2-5-12-11(13)14/h9-10H,2-8H2,1H3,(H,12,14). The minimum Gasteiger partial charge on any atom is -0.338 e. The molecule has 2 unspecified atom stereocenters. The van der Waals surface area contributed by atoms with Crippen molar-refractivity contribution in [2.45, 2.75) is 32.6 Å². The quantitative estimate of drug-likeness (QED) is 0.718. The van der Waals surface area contributed by atoms with Crippen LogP contribution in [0.1, 0.15) is 32.6 Å². The Morgan fingerprint density at radius 3 is 3.00 bits per heavy atom. The van der Waals surface area contributed by atoms with Crippen LogP contribution in [0.15, 0.2) is 0 Å². The summed E-state index contributed by atoms with van der Waals surface area (Å²) in [6, 6.07) is 0.149. The molecule has 3 heteroatoms. The molecule has 0 bridgehead atoms. The maximum absolute atomic E-state index is 11.5. The molecule has 2 aliphatic rings. The molecule has 0 radical (unpaired) electrons. The van der Waals surface area contributed by atoms with Crippen molar-refractivity contribution in [3.05, 3.63) is 0 Å². The van der Waals surface area contributed by atoms with E-state index in [9.17, 15) is 4.79 Å². The summed E-state index contributed by atoms with van der Waals surface area (Å²) in [6.07, 6.45) is 5.07. The van der Waals surface area contributed by atoms with Gasteiger partial charge in [-0.15, -0.1) is 0 Å². The van der Waals surface area contributed by atoms with Crippen molar-refractivity contribution in [2.75, 3.05) is 19.6 Å². The van der Waals surface area contributed by atoms with Crippen LogP contribution in [0.5, 0.6) is 0 Å². The molecule has 1 heterocycles. The van der Waals surface area contributed by atoms with Crippen LogP contribution in [0, 0.1) is 11.8 Å². The smallest absolute Gasteiger partial charge is 0.317 e. The van der Waals surface area contributed by atoms with E-state index in [0.29, 0.717) is 0 Å². The fourth-order valence-electron chi connectivity index (χ4n) is 2.66. The van der Waals surface area contributed by atoms with Crippen molar-refractivity contribution in [3.8, 4) is 0 Å². The molecule has 1 saturated heterocycles. The molecule has 0 spiro atoms. The Kier molecular flexibility index (Phi) is 2.94. The average Bonchev–Trinajstić information content (AvgIpc) is 2.56. The van der Waals surface area contributed by atoms with Crippen molar-refractivity contribution in [3.63, 3.8) is 0 Å². The molecule has 1 saturated carbocycles. The summed E-state index contributed by atoms with van der Waals surface area (Å²) < 4.78 is 0. The van der Waals surface area contributed by atoms with E-state index < -0.39 is 0 Å². The molecule has 14 heavy (non-hydrogen) atoms. The van der Waals surface area contributed by atoms with Gasteiger partial charge in [0.2, 0.25) is 0 Å². The Hall–Kier alpha value is -0.730. The molecule has 3 nitrogen and oxygen atoms in total. The normalized spacial score (nSPS) is 33.2. The van der Waals surface area contributed by atoms with Gasteiger partial charge in [-0.1, -0.05) is 13.3 Å². The van der Waals surface area contributed by atoms with E-state index in [-0.39, 0.29) is 6.03 Å². The lowest BCUT2D eigenvalue weighted by atomic mass is 10.1. The van der Waals surface area contributed by atoms with E-state index >= 15 is 0 Å². The van der Waals surface area contributed by atoms with Crippen molar-refractivity contribution in [1.29, 1.82) is 0 Å². The van der Waals surface area contributed by atoms with Crippen LogP contribution < -0.4 is 5.32 Å². The molecule has 1 aliphatic carbocycles. The van der Waals surface area contributed by atoms with Gasteiger partial charge in [0.1, 0.15) is 0 Å². The van der Waals surface area contributed by atoms with Crippen molar-refractivity contribution < 1.29 is 4.79 Å². The minimum atomic E-state index is 0.149. The van der Waals surface area contributed by atoms with Gasteiger partial charge in [0.15, 0.2) is 0 Å². The van der Waals surface area contributed by atoms with E-state index in [1.807, 2.05) is 4.90 Å². The van der Waals surface area contributed by atoms with Crippen LogP contribution in [-0.4, -0.2) is 30.6 Å². The van der Waals surface area contributed by atoms with E-state index in [2.05, 4.69) is 12.2 Å². The summed E-state index contributed by atoms with van der Waals surface area (Å²) in [5, 5.41) is 2.90. The summed E-state index contributed by atoms with van der Waals surface area (Å²) in [5.74, 6) is 1.63. The molecule has 0 aromatic carbocycles. The highest BCUT2D eigenvalue weighted by atomic mass is 16.2. The predicted octanol–water partition coefficient (Wildman–Crippen LogP) is 1.84. The van der Waals surface area contributed by atoms with Crippen LogP contribution in [-0.2, 0) is 0 Å². The average molecular weight is 196 g/mol. The van der Waals surface area contributed by atoms with Crippen LogP contribution in [0.3, 0.4) is 0 Å². The number of amides is 2. The summed E-state index contributed by atoms with van der Waals surface area (Å²) in [4.78, 5) is 13.5. The lowest BCUT2D eigenvalue weighted by Crippen LogP contribution is -2.47. The second-order valence-electron chi connectivity index (χ2n) is 4.82. The zero-order valence-corrected chi connectivity index (χ0v) is 8.96. The first kappa shape index (κ1) is 9.81. The predicted molar refractivity (Wildman–Crippen MR) is 56.1 cm³/mol. The highest BCUT2D eigenvalue weighted by molar-refractivity contribution is 5.74. The largest absolute Gasteiger partial charge is 0.338 e. The maximum Gasteiger partial charge on any atom is 0.317 e. The van der Waals surface area contributed by atoms with Crippen molar-refractivity contribution in [1.82, 2.24) is 10.2 Å². The van der Waals surface area contributed by atoms with Gasteiger partial charge in [-0.2, -0.15) is 0 Å². The van der Waals surface area contributed by atoms with Gasteiger partial charge in [0.25, 0.3) is 0 Å². The first-order valence-corrected chi connectivity index (χ1v) is 5.78. The first-order chi connectivity index (χ1) is 6.75. The van der Waals surface area contributed by atoms with E-state index in [4.69, 9.17) is 0 Å². The van der Waals surface area contributed by atoms with Crippen molar-refractivity contribution >= 4 is 6.03 Å². The number of nitrogens with one attached hydrogen (secondary N) is 1. The van der Waals surface area contributed by atoms with Gasteiger partial charge in [0.05, 0.1) is 0 Å². The summed E-state index contributed by atoms with van der Waals surface area (Å²) in [6.45, 7) is 5.11. The van der Waals surface area contributed by atoms with Crippen LogP contribution in [0.4, 0.5) is 4.79 Å². The fraction of sp³-hybridized carbons (Fsp3) is 0.909. The van der Waals surface area contributed by atoms with Crippen LogP contribution in [0.2, 0.25) is 0 Å². The highest BCUT2D eigenvalue weighted by Crippen LogP contribution is 2.30. The molecule has 80 valence electrons. The molecule has 2 rings (SSSR count). The van der Waals surface area contributed by atoms with E-state index in [0.717, 1.165) is 37.9 Å². The molecular weight excluding hydrogens is 176 g/mol. The topological polar surface area (TPSA) is 32.3 Å². The zero-order chi connectivity index (χ0) is 9.97. The second-order valence-corrected chi connectivity index (χ2v) is 4.82. The molecule has 2 amide bonds. The van der Waals surface area contributed by atoms with Crippen LogP contribution >= 0.6 is 0 Å². The van der Waals surface area contributed by atoms with Gasteiger partial charge in [-0.05, 0) is 31.1 Å². The third-order valence-corrected chi connectivity index (χ3v) is 3.45. The number of urea groups is 1. The molecule has 1 N–H and O–H groups in total. The monoisotopic (exact) mass is 196 g/mol. The number of carbonyl (C=O) groups excluding carboxylic acids is 1. The maximum atomic E-state index is 11.5. The lowest BCUT2D eigenvalue weighted by Gasteiger charge is -2.29. The Labute approximate surface area is 85.8 Å². The molecule has 1 aliphatic heterocycles. The Bertz CT molecular complexity index is 217.